The van der Waals surface area contributed by atoms with E-state index in [1.807, 2.05) is 18.2 Å². The number of carboxylic acids is 1. The highest BCUT2D eigenvalue weighted by atomic mass is 16.4. The molecule has 5 nitrogen and oxygen atoms in total. The van der Waals surface area contributed by atoms with Crippen molar-refractivity contribution in [1.82, 2.24) is 9.80 Å². The fourth-order valence-corrected chi connectivity index (χ4v) is 3.05. The summed E-state index contributed by atoms with van der Waals surface area (Å²) in [5.74, 6) is -1.08. The molecular formula is C18H26N2O3. The van der Waals surface area contributed by atoms with Crippen molar-refractivity contribution in [1.29, 1.82) is 0 Å². The van der Waals surface area contributed by atoms with E-state index >= 15 is 0 Å². The topological polar surface area (TPSA) is 60.9 Å². The van der Waals surface area contributed by atoms with Crippen LogP contribution in [0, 0.1) is 0 Å². The van der Waals surface area contributed by atoms with Gasteiger partial charge in [0, 0.05) is 18.7 Å². The van der Waals surface area contributed by atoms with Gasteiger partial charge >= 0.3 is 5.97 Å². The van der Waals surface area contributed by atoms with Crippen LogP contribution in [0.3, 0.4) is 0 Å². The van der Waals surface area contributed by atoms with Crippen LogP contribution in [-0.2, 0) is 11.3 Å². The molecule has 1 N–H and O–H groups in total. The van der Waals surface area contributed by atoms with Gasteiger partial charge in [0.15, 0.2) is 0 Å². The highest BCUT2D eigenvalue weighted by Gasteiger charge is 2.34. The van der Waals surface area contributed by atoms with Crippen molar-refractivity contribution in [2.75, 3.05) is 20.1 Å². The molecule has 1 aliphatic rings. The van der Waals surface area contributed by atoms with Gasteiger partial charge in [0.25, 0.3) is 5.91 Å². The van der Waals surface area contributed by atoms with Crippen molar-refractivity contribution in [2.45, 2.75) is 45.2 Å². The van der Waals surface area contributed by atoms with E-state index in [2.05, 4.69) is 18.9 Å². The van der Waals surface area contributed by atoms with Crippen LogP contribution in [0.5, 0.6) is 0 Å². The van der Waals surface area contributed by atoms with E-state index in [0.29, 0.717) is 18.5 Å². The first-order valence-electron chi connectivity index (χ1n) is 8.34. The fourth-order valence-electron chi connectivity index (χ4n) is 3.05. The molecule has 2 rings (SSSR count). The van der Waals surface area contributed by atoms with Crippen molar-refractivity contribution in [3.05, 3.63) is 35.4 Å². The number of likely N-dealkylation sites (tertiary alicyclic amines) is 1. The Morgan fingerprint density at radius 3 is 2.87 bits per heavy atom. The molecule has 0 aliphatic carbocycles. The Balaban J connectivity index is 2.06. The van der Waals surface area contributed by atoms with E-state index in [0.717, 1.165) is 37.9 Å². The summed E-state index contributed by atoms with van der Waals surface area (Å²) in [4.78, 5) is 27.6. The molecule has 1 atom stereocenters. The van der Waals surface area contributed by atoms with Gasteiger partial charge < -0.3 is 14.9 Å². The molecule has 1 unspecified atom stereocenters. The summed E-state index contributed by atoms with van der Waals surface area (Å²) in [6, 6.07) is 6.87. The maximum atomic E-state index is 12.6. The highest BCUT2D eigenvalue weighted by molar-refractivity contribution is 5.97. The Morgan fingerprint density at radius 1 is 1.39 bits per heavy atom. The number of unbranched alkanes of at least 4 members (excludes halogenated alkanes) is 1. The molecule has 1 aromatic rings. The van der Waals surface area contributed by atoms with Crippen LogP contribution in [0.1, 0.15) is 48.5 Å². The van der Waals surface area contributed by atoms with Crippen molar-refractivity contribution in [3.63, 3.8) is 0 Å². The zero-order valence-electron chi connectivity index (χ0n) is 14.0. The van der Waals surface area contributed by atoms with Crippen LogP contribution in [0.2, 0.25) is 0 Å². The number of hydrogen-bond acceptors (Lipinski definition) is 3. The van der Waals surface area contributed by atoms with Crippen LogP contribution in [0.4, 0.5) is 0 Å². The minimum Gasteiger partial charge on any atom is -0.480 e. The smallest absolute Gasteiger partial charge is 0.326 e. The molecule has 0 spiro atoms. The number of nitrogens with zero attached hydrogens (tertiary/aromatic N) is 2. The van der Waals surface area contributed by atoms with Crippen LogP contribution >= 0.6 is 0 Å². The lowest BCUT2D eigenvalue weighted by atomic mass is 10.1. The van der Waals surface area contributed by atoms with E-state index in [1.165, 1.54) is 4.90 Å². The zero-order valence-corrected chi connectivity index (χ0v) is 14.0. The summed E-state index contributed by atoms with van der Waals surface area (Å²) < 4.78 is 0. The first-order valence-corrected chi connectivity index (χ1v) is 8.34. The second-order valence-corrected chi connectivity index (χ2v) is 6.29. The Bertz CT molecular complexity index is 559. The highest BCUT2D eigenvalue weighted by Crippen LogP contribution is 2.21. The Labute approximate surface area is 137 Å². The summed E-state index contributed by atoms with van der Waals surface area (Å²) in [5, 5.41) is 9.23. The van der Waals surface area contributed by atoms with E-state index in [4.69, 9.17) is 0 Å². The number of carboxylic acid groups (broad SMARTS) is 1. The first kappa shape index (κ1) is 17.5. The SMILES string of the molecule is CCCCN(C)Cc1cccc(C(=O)N2CCCC2C(=O)O)c1. The normalized spacial score (nSPS) is 17.7. The van der Waals surface area contributed by atoms with Crippen LogP contribution in [-0.4, -0.2) is 53.0 Å². The molecule has 126 valence electrons. The van der Waals surface area contributed by atoms with Crippen LogP contribution in [0.15, 0.2) is 24.3 Å². The number of aliphatic carboxylic acids is 1. The summed E-state index contributed by atoms with van der Waals surface area (Å²) >= 11 is 0. The predicted octanol–water partition coefficient (Wildman–Crippen LogP) is 2.61. The van der Waals surface area contributed by atoms with E-state index in [-0.39, 0.29) is 5.91 Å². The molecule has 23 heavy (non-hydrogen) atoms. The maximum Gasteiger partial charge on any atom is 0.326 e. The predicted molar refractivity (Wildman–Crippen MR) is 89.4 cm³/mol. The van der Waals surface area contributed by atoms with Gasteiger partial charge in [-0.25, -0.2) is 4.79 Å². The van der Waals surface area contributed by atoms with E-state index in [9.17, 15) is 14.7 Å². The largest absolute Gasteiger partial charge is 0.480 e. The monoisotopic (exact) mass is 318 g/mol. The standard InChI is InChI=1S/C18H26N2O3/c1-3-4-10-19(2)13-14-7-5-8-15(12-14)17(21)20-11-6-9-16(20)18(22)23/h5,7-8,12,16H,3-4,6,9-11,13H2,1-2H3,(H,22,23). The average Bonchev–Trinajstić information content (AvgIpc) is 3.02. The number of carbonyl (C=O) groups excluding carboxylic acids is 1. The second-order valence-electron chi connectivity index (χ2n) is 6.29. The van der Waals surface area contributed by atoms with Crippen molar-refractivity contribution in [3.8, 4) is 0 Å². The lowest BCUT2D eigenvalue weighted by Crippen LogP contribution is -2.40. The van der Waals surface area contributed by atoms with Crippen LogP contribution < -0.4 is 0 Å². The molecule has 1 fully saturated rings. The maximum absolute atomic E-state index is 12.6. The molecule has 0 bridgehead atoms. The van der Waals surface area contributed by atoms with Gasteiger partial charge in [0.1, 0.15) is 6.04 Å². The summed E-state index contributed by atoms with van der Waals surface area (Å²) in [6.45, 7) is 4.52. The minimum atomic E-state index is -0.911. The molecule has 0 saturated carbocycles. The van der Waals surface area contributed by atoms with Gasteiger partial charge in [-0.05, 0) is 50.6 Å². The molecule has 1 aliphatic heterocycles. The van der Waals surface area contributed by atoms with E-state index in [1.54, 1.807) is 6.07 Å². The lowest BCUT2D eigenvalue weighted by Gasteiger charge is -2.22. The number of hydrogen-bond donors (Lipinski definition) is 1. The molecule has 5 heteroatoms. The molecule has 0 radical (unpaired) electrons. The molecule has 1 saturated heterocycles. The first-order chi connectivity index (χ1) is 11.0. The van der Waals surface area contributed by atoms with Gasteiger partial charge in [0.2, 0.25) is 0 Å². The quantitative estimate of drug-likeness (QED) is 0.839. The van der Waals surface area contributed by atoms with Crippen molar-refractivity contribution < 1.29 is 14.7 Å². The molecular weight excluding hydrogens is 292 g/mol. The molecule has 1 heterocycles. The third kappa shape index (κ3) is 4.55. The Kier molecular flexibility index (Phi) is 6.16. The fraction of sp³-hybridized carbons (Fsp3) is 0.556. The third-order valence-corrected chi connectivity index (χ3v) is 4.32. The Morgan fingerprint density at radius 2 is 2.17 bits per heavy atom. The molecule has 1 aromatic carbocycles. The zero-order chi connectivity index (χ0) is 16.8. The summed E-state index contributed by atoms with van der Waals surface area (Å²) in [6.07, 6.45) is 3.61. The van der Waals surface area contributed by atoms with E-state index < -0.39 is 12.0 Å². The third-order valence-electron chi connectivity index (χ3n) is 4.32. The van der Waals surface area contributed by atoms with Gasteiger partial charge in [-0.15, -0.1) is 0 Å². The number of carbonyl (C=O) groups is 2. The van der Waals surface area contributed by atoms with Gasteiger partial charge in [-0.3, -0.25) is 4.79 Å². The molecule has 1 amide bonds. The van der Waals surface area contributed by atoms with Crippen LogP contribution in [0.25, 0.3) is 0 Å². The van der Waals surface area contributed by atoms with Gasteiger partial charge in [0.05, 0.1) is 0 Å². The summed E-state index contributed by atoms with van der Waals surface area (Å²) in [5.41, 5.74) is 1.67. The van der Waals surface area contributed by atoms with Gasteiger partial charge in [-0.1, -0.05) is 25.5 Å². The minimum absolute atomic E-state index is 0.173. The summed E-state index contributed by atoms with van der Waals surface area (Å²) in [7, 11) is 2.07. The number of rotatable bonds is 7. The van der Waals surface area contributed by atoms with Crippen molar-refractivity contribution in [2.24, 2.45) is 0 Å². The lowest BCUT2D eigenvalue weighted by molar-refractivity contribution is -0.141. The number of amides is 1. The van der Waals surface area contributed by atoms with Gasteiger partial charge in [-0.2, -0.15) is 0 Å². The van der Waals surface area contributed by atoms with Crippen molar-refractivity contribution >= 4 is 11.9 Å². The number of benzene rings is 1. The Hall–Kier alpha value is -1.88. The molecule has 0 aromatic heterocycles. The second kappa shape index (κ2) is 8.11. The average molecular weight is 318 g/mol.